The van der Waals surface area contributed by atoms with E-state index in [1.54, 1.807) is 4.90 Å². The SMILES string of the molecule is C[C@H]([NH2+]CC(=O)N1c2ccccc2NC(=O)C[C@H]1C)c1ccccc1Cl. The summed E-state index contributed by atoms with van der Waals surface area (Å²) in [4.78, 5) is 26.7. The van der Waals surface area contributed by atoms with Crippen molar-refractivity contribution in [1.82, 2.24) is 0 Å². The number of carbonyl (C=O) groups is 2. The summed E-state index contributed by atoms with van der Waals surface area (Å²) >= 11 is 6.25. The van der Waals surface area contributed by atoms with Gasteiger partial charge in [-0.05, 0) is 32.0 Å². The van der Waals surface area contributed by atoms with Crippen LogP contribution in [-0.2, 0) is 9.59 Å². The molecule has 0 unspecified atom stereocenters. The summed E-state index contributed by atoms with van der Waals surface area (Å²) in [5.74, 6) is -0.103. The van der Waals surface area contributed by atoms with Crippen LogP contribution in [0.3, 0.4) is 0 Å². The molecule has 1 aliphatic heterocycles. The predicted octanol–water partition coefficient (Wildman–Crippen LogP) is 2.73. The molecular formula is C20H23ClN3O2+. The number of nitrogens with one attached hydrogen (secondary N) is 1. The van der Waals surface area contributed by atoms with Crippen molar-refractivity contribution in [1.29, 1.82) is 0 Å². The Kier molecular flexibility index (Phi) is 5.59. The Morgan fingerprint density at radius 2 is 1.96 bits per heavy atom. The average Bonchev–Trinajstić information content (AvgIpc) is 2.74. The molecular weight excluding hydrogens is 350 g/mol. The van der Waals surface area contributed by atoms with Crippen LogP contribution in [0.2, 0.25) is 5.02 Å². The number of para-hydroxylation sites is 2. The van der Waals surface area contributed by atoms with Crippen LogP contribution in [0.25, 0.3) is 0 Å². The van der Waals surface area contributed by atoms with Gasteiger partial charge in [0.25, 0.3) is 5.91 Å². The topological polar surface area (TPSA) is 66.0 Å². The largest absolute Gasteiger partial charge is 0.332 e. The van der Waals surface area contributed by atoms with E-state index in [4.69, 9.17) is 11.6 Å². The first-order valence-corrected chi connectivity index (χ1v) is 9.14. The molecule has 2 atom stereocenters. The van der Waals surface area contributed by atoms with Crippen molar-refractivity contribution >= 4 is 34.8 Å². The predicted molar refractivity (Wildman–Crippen MR) is 103 cm³/mol. The number of carbonyl (C=O) groups excluding carboxylic acids is 2. The molecule has 1 heterocycles. The molecule has 0 saturated carbocycles. The Bertz CT molecular complexity index is 824. The summed E-state index contributed by atoms with van der Waals surface area (Å²) in [7, 11) is 0. The van der Waals surface area contributed by atoms with Gasteiger partial charge in [-0.3, -0.25) is 9.59 Å². The molecule has 2 amide bonds. The van der Waals surface area contributed by atoms with E-state index in [0.29, 0.717) is 10.7 Å². The molecule has 5 nitrogen and oxygen atoms in total. The van der Waals surface area contributed by atoms with Crippen LogP contribution in [0.5, 0.6) is 0 Å². The van der Waals surface area contributed by atoms with Crippen molar-refractivity contribution in [3.8, 4) is 0 Å². The van der Waals surface area contributed by atoms with E-state index in [9.17, 15) is 9.59 Å². The molecule has 6 heteroatoms. The smallest absolute Gasteiger partial charge is 0.282 e. The zero-order valence-corrected chi connectivity index (χ0v) is 15.7. The van der Waals surface area contributed by atoms with Crippen LogP contribution in [0.1, 0.15) is 31.9 Å². The molecule has 0 aliphatic carbocycles. The van der Waals surface area contributed by atoms with Crippen LogP contribution >= 0.6 is 11.6 Å². The van der Waals surface area contributed by atoms with Crippen molar-refractivity contribution in [3.63, 3.8) is 0 Å². The number of benzene rings is 2. The van der Waals surface area contributed by atoms with Gasteiger partial charge in [0.2, 0.25) is 5.91 Å². The minimum Gasteiger partial charge on any atom is -0.332 e. The highest BCUT2D eigenvalue weighted by Crippen LogP contribution is 2.31. The molecule has 2 aromatic carbocycles. The summed E-state index contributed by atoms with van der Waals surface area (Å²) in [5, 5.41) is 5.55. The van der Waals surface area contributed by atoms with Gasteiger partial charge < -0.3 is 15.5 Å². The van der Waals surface area contributed by atoms with Crippen molar-refractivity contribution in [2.24, 2.45) is 0 Å². The van der Waals surface area contributed by atoms with Gasteiger partial charge in [-0.2, -0.15) is 0 Å². The number of quaternary nitrogens is 1. The van der Waals surface area contributed by atoms with E-state index >= 15 is 0 Å². The summed E-state index contributed by atoms with van der Waals surface area (Å²) in [5.41, 5.74) is 2.42. The molecule has 0 bridgehead atoms. The van der Waals surface area contributed by atoms with Crippen LogP contribution < -0.4 is 15.5 Å². The Morgan fingerprint density at radius 3 is 2.73 bits per heavy atom. The van der Waals surface area contributed by atoms with Crippen molar-refractivity contribution in [2.45, 2.75) is 32.4 Å². The van der Waals surface area contributed by atoms with E-state index in [-0.39, 0.29) is 36.9 Å². The maximum Gasteiger partial charge on any atom is 0.282 e. The Labute approximate surface area is 158 Å². The average molecular weight is 373 g/mol. The second kappa shape index (κ2) is 7.89. The normalized spacial score (nSPS) is 17.9. The highest BCUT2D eigenvalue weighted by atomic mass is 35.5. The van der Waals surface area contributed by atoms with Gasteiger partial charge in [0.05, 0.1) is 11.4 Å². The lowest BCUT2D eigenvalue weighted by Crippen LogP contribution is -2.87. The molecule has 0 aromatic heterocycles. The van der Waals surface area contributed by atoms with Crippen molar-refractivity contribution in [3.05, 3.63) is 59.1 Å². The maximum atomic E-state index is 13.0. The lowest BCUT2D eigenvalue weighted by atomic mass is 10.1. The highest BCUT2D eigenvalue weighted by Gasteiger charge is 2.30. The van der Waals surface area contributed by atoms with Crippen LogP contribution in [-0.4, -0.2) is 24.4 Å². The zero-order valence-electron chi connectivity index (χ0n) is 14.9. The van der Waals surface area contributed by atoms with E-state index in [0.717, 1.165) is 11.3 Å². The molecule has 3 rings (SSSR count). The van der Waals surface area contributed by atoms with Crippen molar-refractivity contribution < 1.29 is 14.9 Å². The fraction of sp³-hybridized carbons (Fsp3) is 0.300. The minimum atomic E-state index is -0.199. The van der Waals surface area contributed by atoms with Gasteiger partial charge in [0.15, 0.2) is 6.54 Å². The lowest BCUT2D eigenvalue weighted by molar-refractivity contribution is -0.682. The summed E-state index contributed by atoms with van der Waals surface area (Å²) in [6.45, 7) is 4.20. The van der Waals surface area contributed by atoms with Gasteiger partial charge in [-0.1, -0.05) is 41.9 Å². The molecule has 0 fully saturated rings. The first kappa shape index (κ1) is 18.4. The standard InChI is InChI=1S/C20H22ClN3O2/c1-13-11-19(25)23-17-9-5-6-10-18(17)24(13)20(26)12-22-14(2)15-7-3-4-8-16(15)21/h3-10,13-14,22H,11-12H2,1-2H3,(H,23,25)/p+1/t13-,14+/m1/s1. The van der Waals surface area contributed by atoms with Gasteiger partial charge in [0, 0.05) is 23.0 Å². The number of halogens is 1. The summed E-state index contributed by atoms with van der Waals surface area (Å²) < 4.78 is 0. The van der Waals surface area contributed by atoms with Gasteiger partial charge in [-0.25, -0.2) is 0 Å². The van der Waals surface area contributed by atoms with Gasteiger partial charge in [0.1, 0.15) is 6.04 Å². The first-order chi connectivity index (χ1) is 12.5. The maximum absolute atomic E-state index is 13.0. The number of nitrogens with two attached hydrogens (primary N) is 1. The van der Waals surface area contributed by atoms with Gasteiger partial charge in [-0.15, -0.1) is 0 Å². The fourth-order valence-corrected chi connectivity index (χ4v) is 3.62. The number of rotatable bonds is 4. The Morgan fingerprint density at radius 1 is 1.27 bits per heavy atom. The molecule has 0 saturated heterocycles. The Balaban J connectivity index is 1.76. The third-order valence-corrected chi connectivity index (χ3v) is 5.01. The third-order valence-electron chi connectivity index (χ3n) is 4.67. The number of anilines is 2. The monoisotopic (exact) mass is 372 g/mol. The molecule has 2 aromatic rings. The molecule has 26 heavy (non-hydrogen) atoms. The van der Waals surface area contributed by atoms with Crippen molar-refractivity contribution in [2.75, 3.05) is 16.8 Å². The number of amides is 2. The first-order valence-electron chi connectivity index (χ1n) is 8.76. The van der Waals surface area contributed by atoms with E-state index in [1.807, 2.05) is 67.7 Å². The second-order valence-corrected chi connectivity index (χ2v) is 7.04. The highest BCUT2D eigenvalue weighted by molar-refractivity contribution is 6.31. The van der Waals surface area contributed by atoms with Crippen LogP contribution in [0.4, 0.5) is 11.4 Å². The van der Waals surface area contributed by atoms with E-state index in [1.165, 1.54) is 0 Å². The quantitative estimate of drug-likeness (QED) is 0.866. The second-order valence-electron chi connectivity index (χ2n) is 6.63. The Hall–Kier alpha value is -2.37. The zero-order chi connectivity index (χ0) is 18.7. The molecule has 0 spiro atoms. The lowest BCUT2D eigenvalue weighted by Gasteiger charge is -2.27. The number of fused-ring (bicyclic) bond motifs is 1. The molecule has 0 radical (unpaired) electrons. The number of hydrogen-bond acceptors (Lipinski definition) is 2. The van der Waals surface area contributed by atoms with Crippen LogP contribution in [0, 0.1) is 0 Å². The third kappa shape index (κ3) is 3.89. The number of hydrogen-bond donors (Lipinski definition) is 2. The van der Waals surface area contributed by atoms with E-state index in [2.05, 4.69) is 5.32 Å². The minimum absolute atomic E-state index is 0.0275. The van der Waals surface area contributed by atoms with E-state index < -0.39 is 0 Å². The number of nitrogens with zero attached hydrogens (tertiary/aromatic N) is 1. The summed E-state index contributed by atoms with van der Waals surface area (Å²) in [6.07, 6.45) is 0.278. The fourth-order valence-electron chi connectivity index (χ4n) is 3.32. The molecule has 1 aliphatic rings. The van der Waals surface area contributed by atoms with Gasteiger partial charge >= 0.3 is 0 Å². The van der Waals surface area contributed by atoms with Crippen LogP contribution in [0.15, 0.2) is 48.5 Å². The molecule has 3 N–H and O–H groups in total. The molecule has 136 valence electrons. The summed E-state index contributed by atoms with van der Waals surface area (Å²) in [6, 6.07) is 14.9.